The summed E-state index contributed by atoms with van der Waals surface area (Å²) in [6, 6.07) is 4.74. The molecule has 0 aliphatic heterocycles. The van der Waals surface area contributed by atoms with Crippen LogP contribution in [0, 0.1) is 11.6 Å². The molecule has 18 heavy (non-hydrogen) atoms. The van der Waals surface area contributed by atoms with Crippen LogP contribution in [0.4, 0.5) is 8.78 Å². The second-order valence-corrected chi connectivity index (χ2v) is 5.25. The molecule has 0 bridgehead atoms. The predicted molar refractivity (Wildman–Crippen MR) is 69.4 cm³/mol. The van der Waals surface area contributed by atoms with Crippen LogP contribution >= 0.6 is 0 Å². The second kappa shape index (κ2) is 6.28. The molecule has 0 heterocycles. The van der Waals surface area contributed by atoms with Crippen molar-refractivity contribution in [2.24, 2.45) is 0 Å². The van der Waals surface area contributed by atoms with Gasteiger partial charge in [0.15, 0.2) is 11.6 Å². The van der Waals surface area contributed by atoms with Crippen molar-refractivity contribution in [3.63, 3.8) is 0 Å². The first-order chi connectivity index (χ1) is 8.66. The predicted octanol–water partition coefficient (Wildman–Crippen LogP) is 4.34. The molecule has 1 aliphatic rings. The number of halogens is 2. The standard InChI is InChI=1S/C15H21F2N/c1-11(12-8-9-14(16)15(17)10-12)18-13-6-4-2-3-5-7-13/h8-11,13,18H,2-7H2,1H3. The van der Waals surface area contributed by atoms with Gasteiger partial charge in [-0.25, -0.2) is 8.78 Å². The van der Waals surface area contributed by atoms with E-state index in [0.29, 0.717) is 6.04 Å². The lowest BCUT2D eigenvalue weighted by Gasteiger charge is -2.22. The molecule has 100 valence electrons. The molecule has 1 fully saturated rings. The molecule has 1 aromatic carbocycles. The van der Waals surface area contributed by atoms with Gasteiger partial charge in [-0.1, -0.05) is 31.7 Å². The van der Waals surface area contributed by atoms with Crippen LogP contribution in [-0.4, -0.2) is 6.04 Å². The summed E-state index contributed by atoms with van der Waals surface area (Å²) in [6.45, 7) is 2.01. The second-order valence-electron chi connectivity index (χ2n) is 5.25. The van der Waals surface area contributed by atoms with E-state index in [1.807, 2.05) is 6.92 Å². The van der Waals surface area contributed by atoms with Gasteiger partial charge in [0, 0.05) is 12.1 Å². The van der Waals surface area contributed by atoms with Crippen LogP contribution in [0.5, 0.6) is 0 Å². The number of hydrogen-bond acceptors (Lipinski definition) is 1. The van der Waals surface area contributed by atoms with Gasteiger partial charge in [-0.15, -0.1) is 0 Å². The summed E-state index contributed by atoms with van der Waals surface area (Å²) in [6.07, 6.45) is 7.54. The zero-order valence-corrected chi connectivity index (χ0v) is 10.9. The minimum absolute atomic E-state index is 0.0724. The van der Waals surface area contributed by atoms with Gasteiger partial charge in [0.25, 0.3) is 0 Å². The maximum absolute atomic E-state index is 13.2. The molecule has 1 aromatic rings. The fraction of sp³-hybridized carbons (Fsp3) is 0.600. The first-order valence-corrected chi connectivity index (χ1v) is 6.88. The quantitative estimate of drug-likeness (QED) is 0.790. The van der Waals surface area contributed by atoms with Gasteiger partial charge < -0.3 is 5.32 Å². The molecular weight excluding hydrogens is 232 g/mol. The van der Waals surface area contributed by atoms with E-state index >= 15 is 0 Å². The monoisotopic (exact) mass is 253 g/mol. The fourth-order valence-electron chi connectivity index (χ4n) is 2.68. The van der Waals surface area contributed by atoms with Crippen molar-refractivity contribution in [2.75, 3.05) is 0 Å². The highest BCUT2D eigenvalue weighted by molar-refractivity contribution is 5.20. The highest BCUT2D eigenvalue weighted by Gasteiger charge is 2.16. The third-order valence-electron chi connectivity index (χ3n) is 3.78. The van der Waals surface area contributed by atoms with Gasteiger partial charge in [-0.3, -0.25) is 0 Å². The van der Waals surface area contributed by atoms with Crippen LogP contribution in [0.25, 0.3) is 0 Å². The summed E-state index contributed by atoms with van der Waals surface area (Å²) in [7, 11) is 0. The molecule has 0 aromatic heterocycles. The van der Waals surface area contributed by atoms with Crippen LogP contribution in [0.15, 0.2) is 18.2 Å². The van der Waals surface area contributed by atoms with Crippen LogP contribution < -0.4 is 5.32 Å². The maximum atomic E-state index is 13.2. The Kier molecular flexibility index (Phi) is 4.70. The normalized spacial score (nSPS) is 19.5. The van der Waals surface area contributed by atoms with E-state index in [1.54, 1.807) is 6.07 Å². The smallest absolute Gasteiger partial charge is 0.159 e. The molecule has 0 radical (unpaired) electrons. The van der Waals surface area contributed by atoms with Gasteiger partial charge in [0.05, 0.1) is 0 Å². The Bertz CT molecular complexity index is 384. The lowest BCUT2D eigenvalue weighted by atomic mass is 10.0. The molecule has 0 saturated heterocycles. The summed E-state index contributed by atoms with van der Waals surface area (Å²) in [5.41, 5.74) is 0.818. The molecule has 1 aliphatic carbocycles. The van der Waals surface area contributed by atoms with Crippen LogP contribution in [0.1, 0.15) is 57.1 Å². The Morgan fingerprint density at radius 2 is 1.72 bits per heavy atom. The molecule has 1 unspecified atom stereocenters. The molecule has 1 N–H and O–H groups in total. The molecule has 0 spiro atoms. The van der Waals surface area contributed by atoms with E-state index in [9.17, 15) is 8.78 Å². The molecule has 1 atom stereocenters. The Hall–Kier alpha value is -0.960. The van der Waals surface area contributed by atoms with Gasteiger partial charge >= 0.3 is 0 Å². The van der Waals surface area contributed by atoms with E-state index in [1.165, 1.54) is 50.7 Å². The molecule has 1 nitrogen and oxygen atoms in total. The van der Waals surface area contributed by atoms with E-state index in [0.717, 1.165) is 5.56 Å². The third kappa shape index (κ3) is 3.52. The van der Waals surface area contributed by atoms with E-state index < -0.39 is 11.6 Å². The maximum Gasteiger partial charge on any atom is 0.159 e. The molecule has 3 heteroatoms. The number of hydrogen-bond donors (Lipinski definition) is 1. The van der Waals surface area contributed by atoms with Gasteiger partial charge in [-0.2, -0.15) is 0 Å². The SMILES string of the molecule is CC(NC1CCCCCC1)c1ccc(F)c(F)c1. The molecular formula is C15H21F2N. The Morgan fingerprint density at radius 1 is 1.06 bits per heavy atom. The number of benzene rings is 1. The van der Waals surface area contributed by atoms with E-state index in [2.05, 4.69) is 5.32 Å². The molecule has 0 amide bonds. The minimum Gasteiger partial charge on any atom is -0.307 e. The lowest BCUT2D eigenvalue weighted by molar-refractivity contribution is 0.412. The Morgan fingerprint density at radius 3 is 2.33 bits per heavy atom. The third-order valence-corrected chi connectivity index (χ3v) is 3.78. The van der Waals surface area contributed by atoms with Crippen molar-refractivity contribution in [1.82, 2.24) is 5.32 Å². The van der Waals surface area contributed by atoms with Crippen molar-refractivity contribution in [3.05, 3.63) is 35.4 Å². The molecule has 1 saturated carbocycles. The van der Waals surface area contributed by atoms with Gasteiger partial charge in [0.1, 0.15) is 0 Å². The summed E-state index contributed by atoms with van der Waals surface area (Å²) in [4.78, 5) is 0. The van der Waals surface area contributed by atoms with Crippen molar-refractivity contribution in [2.45, 2.75) is 57.5 Å². The van der Waals surface area contributed by atoms with E-state index in [4.69, 9.17) is 0 Å². The lowest BCUT2D eigenvalue weighted by Crippen LogP contribution is -2.31. The highest BCUT2D eigenvalue weighted by Crippen LogP contribution is 2.22. The van der Waals surface area contributed by atoms with Crippen molar-refractivity contribution in [1.29, 1.82) is 0 Å². The first-order valence-electron chi connectivity index (χ1n) is 6.88. The van der Waals surface area contributed by atoms with Gasteiger partial charge in [0.2, 0.25) is 0 Å². The summed E-state index contributed by atoms with van der Waals surface area (Å²) >= 11 is 0. The minimum atomic E-state index is -0.777. The highest BCUT2D eigenvalue weighted by atomic mass is 19.2. The topological polar surface area (TPSA) is 12.0 Å². The Balaban J connectivity index is 1.97. The van der Waals surface area contributed by atoms with Crippen LogP contribution in [-0.2, 0) is 0 Å². The largest absolute Gasteiger partial charge is 0.307 e. The zero-order valence-electron chi connectivity index (χ0n) is 10.9. The average molecular weight is 253 g/mol. The van der Waals surface area contributed by atoms with E-state index in [-0.39, 0.29) is 6.04 Å². The number of nitrogens with one attached hydrogen (secondary N) is 1. The average Bonchev–Trinajstić information content (AvgIpc) is 2.61. The summed E-state index contributed by atoms with van der Waals surface area (Å²) in [5.74, 6) is -1.54. The fourth-order valence-corrected chi connectivity index (χ4v) is 2.68. The van der Waals surface area contributed by atoms with Crippen molar-refractivity contribution >= 4 is 0 Å². The first kappa shape index (κ1) is 13.5. The molecule has 2 rings (SSSR count). The van der Waals surface area contributed by atoms with Gasteiger partial charge in [-0.05, 0) is 37.5 Å². The zero-order chi connectivity index (χ0) is 13.0. The summed E-state index contributed by atoms with van der Waals surface area (Å²) in [5, 5.41) is 3.53. The van der Waals surface area contributed by atoms with Crippen LogP contribution in [0.3, 0.4) is 0 Å². The van der Waals surface area contributed by atoms with Crippen molar-refractivity contribution in [3.8, 4) is 0 Å². The van der Waals surface area contributed by atoms with Crippen molar-refractivity contribution < 1.29 is 8.78 Å². The number of rotatable bonds is 3. The van der Waals surface area contributed by atoms with Crippen LogP contribution in [0.2, 0.25) is 0 Å². The Labute approximate surface area is 108 Å². The summed E-state index contributed by atoms with van der Waals surface area (Å²) < 4.78 is 26.1.